The van der Waals surface area contributed by atoms with Crippen molar-refractivity contribution in [1.29, 1.82) is 0 Å². The maximum absolute atomic E-state index is 12.3. The summed E-state index contributed by atoms with van der Waals surface area (Å²) < 4.78 is 5.29. The van der Waals surface area contributed by atoms with Crippen molar-refractivity contribution >= 4 is 17.4 Å². The average molecular weight is 339 g/mol. The van der Waals surface area contributed by atoms with Crippen LogP contribution < -0.4 is 10.1 Å². The highest BCUT2D eigenvalue weighted by molar-refractivity contribution is 5.96. The summed E-state index contributed by atoms with van der Waals surface area (Å²) in [7, 11) is 1.55. The Morgan fingerprint density at radius 2 is 1.80 bits per heavy atom. The second kappa shape index (κ2) is 9.02. The van der Waals surface area contributed by atoms with Crippen LogP contribution in [-0.2, 0) is 17.6 Å². The SMILES string of the molecule is CCCCc1ccc(NC(=O)Cc2cc(C(C)=O)ccc2OC)cc1. The summed E-state index contributed by atoms with van der Waals surface area (Å²) >= 11 is 0. The van der Waals surface area contributed by atoms with Gasteiger partial charge in [0.05, 0.1) is 13.5 Å². The lowest BCUT2D eigenvalue weighted by atomic mass is 10.0. The number of ether oxygens (including phenoxy) is 1. The zero-order valence-corrected chi connectivity index (χ0v) is 15.1. The molecule has 0 aliphatic heterocycles. The zero-order valence-electron chi connectivity index (χ0n) is 15.1. The van der Waals surface area contributed by atoms with E-state index in [1.54, 1.807) is 25.3 Å². The molecule has 25 heavy (non-hydrogen) atoms. The summed E-state index contributed by atoms with van der Waals surface area (Å²) in [4.78, 5) is 23.9. The number of ketones is 1. The number of hydrogen-bond acceptors (Lipinski definition) is 3. The molecule has 0 radical (unpaired) electrons. The van der Waals surface area contributed by atoms with Gasteiger partial charge in [-0.3, -0.25) is 9.59 Å². The number of carbonyl (C=O) groups excluding carboxylic acids is 2. The minimum atomic E-state index is -0.139. The number of aryl methyl sites for hydroxylation is 1. The van der Waals surface area contributed by atoms with Crippen LogP contribution in [0.1, 0.15) is 48.2 Å². The van der Waals surface area contributed by atoms with Crippen LogP contribution in [0.15, 0.2) is 42.5 Å². The minimum absolute atomic E-state index is 0.0352. The fourth-order valence-electron chi connectivity index (χ4n) is 2.65. The topological polar surface area (TPSA) is 55.4 Å². The lowest BCUT2D eigenvalue weighted by Gasteiger charge is -2.11. The van der Waals surface area contributed by atoms with Crippen LogP contribution in [0.4, 0.5) is 5.69 Å². The molecule has 0 bridgehead atoms. The monoisotopic (exact) mass is 339 g/mol. The molecule has 0 saturated carbocycles. The maximum atomic E-state index is 12.3. The predicted molar refractivity (Wildman–Crippen MR) is 100 cm³/mol. The quantitative estimate of drug-likeness (QED) is 0.724. The highest BCUT2D eigenvalue weighted by Gasteiger charge is 2.12. The number of benzene rings is 2. The highest BCUT2D eigenvalue weighted by Crippen LogP contribution is 2.21. The molecule has 0 aliphatic rings. The molecule has 0 aromatic heterocycles. The van der Waals surface area contributed by atoms with Crippen molar-refractivity contribution in [3.05, 3.63) is 59.2 Å². The lowest BCUT2D eigenvalue weighted by molar-refractivity contribution is -0.115. The van der Waals surface area contributed by atoms with E-state index in [2.05, 4.69) is 12.2 Å². The van der Waals surface area contributed by atoms with Gasteiger partial charge in [0.15, 0.2) is 5.78 Å². The van der Waals surface area contributed by atoms with Crippen molar-refractivity contribution < 1.29 is 14.3 Å². The standard InChI is InChI=1S/C21H25NO3/c1-4-5-6-16-7-10-19(11-8-16)22-21(24)14-18-13-17(15(2)23)9-12-20(18)25-3/h7-13H,4-6,14H2,1-3H3,(H,22,24). The number of carbonyl (C=O) groups is 2. The van der Waals surface area contributed by atoms with Gasteiger partial charge in [-0.15, -0.1) is 0 Å². The Balaban J connectivity index is 2.04. The van der Waals surface area contributed by atoms with Gasteiger partial charge in [-0.1, -0.05) is 25.5 Å². The van der Waals surface area contributed by atoms with Crippen LogP contribution >= 0.6 is 0 Å². The molecule has 0 heterocycles. The molecule has 1 N–H and O–H groups in total. The number of rotatable bonds is 8. The van der Waals surface area contributed by atoms with Crippen LogP contribution in [0.5, 0.6) is 5.75 Å². The predicted octanol–water partition coefficient (Wildman–Crippen LogP) is 4.42. The molecule has 4 nitrogen and oxygen atoms in total. The molecular weight excluding hydrogens is 314 g/mol. The Hall–Kier alpha value is -2.62. The molecule has 0 saturated heterocycles. The van der Waals surface area contributed by atoms with Crippen LogP contribution in [0.3, 0.4) is 0 Å². The van der Waals surface area contributed by atoms with Crippen molar-refractivity contribution in [3.63, 3.8) is 0 Å². The van der Waals surface area contributed by atoms with Crippen molar-refractivity contribution in [2.45, 2.75) is 39.5 Å². The van der Waals surface area contributed by atoms with E-state index in [4.69, 9.17) is 4.74 Å². The molecule has 2 rings (SSSR count). The Morgan fingerprint density at radius 1 is 1.08 bits per heavy atom. The number of amides is 1. The third-order valence-corrected chi connectivity index (χ3v) is 4.09. The first kappa shape index (κ1) is 18.7. The fraction of sp³-hybridized carbons (Fsp3) is 0.333. The average Bonchev–Trinajstić information content (AvgIpc) is 2.61. The molecule has 1 amide bonds. The smallest absolute Gasteiger partial charge is 0.228 e. The molecular formula is C21H25NO3. The normalized spacial score (nSPS) is 10.4. The molecule has 0 atom stereocenters. The van der Waals surface area contributed by atoms with E-state index in [9.17, 15) is 9.59 Å². The molecule has 0 aliphatic carbocycles. The zero-order chi connectivity index (χ0) is 18.2. The van der Waals surface area contributed by atoms with E-state index < -0.39 is 0 Å². The van der Waals surface area contributed by atoms with Gasteiger partial charge >= 0.3 is 0 Å². The Kier molecular flexibility index (Phi) is 6.75. The van der Waals surface area contributed by atoms with Gasteiger partial charge in [-0.05, 0) is 55.7 Å². The van der Waals surface area contributed by atoms with Crippen molar-refractivity contribution in [1.82, 2.24) is 0 Å². The van der Waals surface area contributed by atoms with Gasteiger partial charge in [-0.2, -0.15) is 0 Å². The van der Waals surface area contributed by atoms with Gasteiger partial charge in [0, 0.05) is 16.8 Å². The number of hydrogen-bond donors (Lipinski definition) is 1. The largest absolute Gasteiger partial charge is 0.496 e. The summed E-state index contributed by atoms with van der Waals surface area (Å²) in [5.41, 5.74) is 3.32. The van der Waals surface area contributed by atoms with E-state index in [1.165, 1.54) is 18.9 Å². The van der Waals surface area contributed by atoms with Crippen LogP contribution in [0.2, 0.25) is 0 Å². The fourth-order valence-corrected chi connectivity index (χ4v) is 2.65. The van der Waals surface area contributed by atoms with Gasteiger partial charge in [0.25, 0.3) is 0 Å². The van der Waals surface area contributed by atoms with Crippen LogP contribution in [0.25, 0.3) is 0 Å². The summed E-state index contributed by atoms with van der Waals surface area (Å²) in [5.74, 6) is 0.433. The van der Waals surface area contributed by atoms with E-state index >= 15 is 0 Å². The highest BCUT2D eigenvalue weighted by atomic mass is 16.5. The first-order valence-electron chi connectivity index (χ1n) is 8.60. The second-order valence-electron chi connectivity index (χ2n) is 6.11. The minimum Gasteiger partial charge on any atom is -0.496 e. The van der Waals surface area contributed by atoms with Crippen molar-refractivity contribution in [2.24, 2.45) is 0 Å². The van der Waals surface area contributed by atoms with Crippen molar-refractivity contribution in [2.75, 3.05) is 12.4 Å². The Labute approximate surface area is 149 Å². The van der Waals surface area contributed by atoms with E-state index in [0.29, 0.717) is 16.9 Å². The molecule has 2 aromatic carbocycles. The van der Waals surface area contributed by atoms with Crippen LogP contribution in [-0.4, -0.2) is 18.8 Å². The molecule has 132 valence electrons. The second-order valence-corrected chi connectivity index (χ2v) is 6.11. The van der Waals surface area contributed by atoms with Gasteiger partial charge in [0.2, 0.25) is 5.91 Å². The van der Waals surface area contributed by atoms with E-state index in [1.807, 2.05) is 24.3 Å². The molecule has 4 heteroatoms. The molecule has 0 fully saturated rings. The summed E-state index contributed by atoms with van der Waals surface area (Å²) in [6.07, 6.45) is 3.54. The number of unbranched alkanes of at least 4 members (excludes halogenated alkanes) is 1. The first-order chi connectivity index (χ1) is 12.0. The third kappa shape index (κ3) is 5.45. The summed E-state index contributed by atoms with van der Waals surface area (Å²) in [5, 5.41) is 2.89. The van der Waals surface area contributed by atoms with E-state index in [0.717, 1.165) is 18.5 Å². The Morgan fingerprint density at radius 3 is 2.40 bits per heavy atom. The van der Waals surface area contributed by atoms with Gasteiger partial charge in [-0.25, -0.2) is 0 Å². The maximum Gasteiger partial charge on any atom is 0.228 e. The number of nitrogens with one attached hydrogen (secondary N) is 1. The summed E-state index contributed by atoms with van der Waals surface area (Å²) in [6.45, 7) is 3.68. The van der Waals surface area contributed by atoms with Crippen LogP contribution in [0, 0.1) is 0 Å². The first-order valence-corrected chi connectivity index (χ1v) is 8.60. The molecule has 0 spiro atoms. The third-order valence-electron chi connectivity index (χ3n) is 4.09. The lowest BCUT2D eigenvalue weighted by Crippen LogP contribution is -2.15. The summed E-state index contributed by atoms with van der Waals surface area (Å²) in [6, 6.07) is 13.1. The van der Waals surface area contributed by atoms with E-state index in [-0.39, 0.29) is 18.1 Å². The number of methoxy groups -OCH3 is 1. The van der Waals surface area contributed by atoms with Crippen molar-refractivity contribution in [3.8, 4) is 5.75 Å². The molecule has 0 unspecified atom stereocenters. The molecule has 2 aromatic rings. The van der Waals surface area contributed by atoms with Gasteiger partial charge in [0.1, 0.15) is 5.75 Å². The Bertz CT molecular complexity index is 735. The van der Waals surface area contributed by atoms with Gasteiger partial charge < -0.3 is 10.1 Å². The number of Topliss-reactive ketones (excluding diaryl/α,β-unsaturated/α-hetero) is 1. The number of anilines is 1.